The van der Waals surface area contributed by atoms with Gasteiger partial charge < -0.3 is 14.6 Å². The highest BCUT2D eigenvalue weighted by Gasteiger charge is 2.23. The molecular weight excluding hydrogens is 412 g/mol. The van der Waals surface area contributed by atoms with E-state index in [4.69, 9.17) is 9.47 Å². The molecule has 0 aliphatic rings. The van der Waals surface area contributed by atoms with Crippen LogP contribution in [0.3, 0.4) is 0 Å². The van der Waals surface area contributed by atoms with E-state index in [-0.39, 0.29) is 17.2 Å². The number of rotatable bonds is 2. The quantitative estimate of drug-likeness (QED) is 0.453. The maximum absolute atomic E-state index is 10.9. The van der Waals surface area contributed by atoms with E-state index in [9.17, 15) is 9.90 Å². The zero-order chi connectivity index (χ0) is 12.5. The molecule has 1 aromatic carbocycles. The number of esters is 1. The van der Waals surface area contributed by atoms with Gasteiger partial charge in [-0.1, -0.05) is 0 Å². The third kappa shape index (κ3) is 2.52. The Morgan fingerprint density at radius 1 is 1.12 bits per heavy atom. The number of ether oxygens (including phenoxy) is 2. The van der Waals surface area contributed by atoms with Crippen LogP contribution >= 0.6 is 47.8 Å². The number of phenols is 1. The Bertz CT molecular complexity index is 445. The van der Waals surface area contributed by atoms with Crippen molar-refractivity contribution in [2.45, 2.75) is 6.92 Å². The van der Waals surface area contributed by atoms with Crippen LogP contribution in [0.4, 0.5) is 0 Å². The number of aromatic hydroxyl groups is 1. The van der Waals surface area contributed by atoms with Crippen LogP contribution < -0.4 is 9.47 Å². The van der Waals surface area contributed by atoms with Crippen LogP contribution in [0.15, 0.2) is 13.4 Å². The second-order valence-corrected chi connectivity index (χ2v) is 5.13. The molecule has 0 aliphatic heterocycles. The van der Waals surface area contributed by atoms with Gasteiger partial charge in [0.1, 0.15) is 0 Å². The minimum atomic E-state index is -0.535. The van der Waals surface area contributed by atoms with E-state index in [1.54, 1.807) is 0 Å². The number of hydrogen-bond acceptors (Lipinski definition) is 4. The summed E-state index contributed by atoms with van der Waals surface area (Å²) in [5.74, 6) is -0.585. The Morgan fingerprint density at radius 3 is 2.06 bits per heavy atom. The Morgan fingerprint density at radius 2 is 1.62 bits per heavy atom. The molecule has 0 unspecified atom stereocenters. The standard InChI is InChI=1S/C9H7Br3O4/c1-3(13)16-9-6(12)4(10)5(11)8(15-2)7(9)14/h14H,1-2H3. The van der Waals surface area contributed by atoms with Gasteiger partial charge in [-0.3, -0.25) is 4.79 Å². The van der Waals surface area contributed by atoms with Gasteiger partial charge in [0, 0.05) is 6.92 Å². The van der Waals surface area contributed by atoms with Crippen molar-refractivity contribution in [1.29, 1.82) is 0 Å². The van der Waals surface area contributed by atoms with E-state index < -0.39 is 5.97 Å². The number of carbonyl (C=O) groups is 1. The van der Waals surface area contributed by atoms with Gasteiger partial charge in [0.15, 0.2) is 11.5 Å². The molecule has 0 aliphatic carbocycles. The fourth-order valence-electron chi connectivity index (χ4n) is 1.03. The molecule has 0 aromatic heterocycles. The number of hydrogen-bond donors (Lipinski definition) is 1. The lowest BCUT2D eigenvalue weighted by Gasteiger charge is -2.14. The smallest absolute Gasteiger partial charge is 0.308 e. The van der Waals surface area contributed by atoms with Crippen molar-refractivity contribution < 1.29 is 19.4 Å². The molecule has 16 heavy (non-hydrogen) atoms. The molecule has 0 saturated heterocycles. The van der Waals surface area contributed by atoms with Crippen molar-refractivity contribution in [2.75, 3.05) is 7.11 Å². The molecule has 0 spiro atoms. The summed E-state index contributed by atoms with van der Waals surface area (Å²) in [6, 6.07) is 0. The number of halogens is 3. The topological polar surface area (TPSA) is 55.8 Å². The first-order valence-corrected chi connectivity index (χ1v) is 6.39. The molecule has 1 N–H and O–H groups in total. The molecule has 0 bridgehead atoms. The zero-order valence-corrected chi connectivity index (χ0v) is 13.1. The summed E-state index contributed by atoms with van der Waals surface area (Å²) >= 11 is 9.71. The minimum Gasteiger partial charge on any atom is -0.502 e. The summed E-state index contributed by atoms with van der Waals surface area (Å²) in [6.07, 6.45) is 0. The van der Waals surface area contributed by atoms with Crippen molar-refractivity contribution in [3.05, 3.63) is 13.4 Å². The van der Waals surface area contributed by atoms with Crippen LogP contribution in [0.1, 0.15) is 6.92 Å². The lowest BCUT2D eigenvalue weighted by molar-refractivity contribution is -0.132. The predicted molar refractivity (Wildman–Crippen MR) is 69.1 cm³/mol. The lowest BCUT2D eigenvalue weighted by Crippen LogP contribution is -2.03. The first-order chi connectivity index (χ1) is 7.40. The van der Waals surface area contributed by atoms with Gasteiger partial charge in [0.05, 0.1) is 20.5 Å². The average molecular weight is 419 g/mol. The molecule has 0 radical (unpaired) electrons. The van der Waals surface area contributed by atoms with Crippen molar-refractivity contribution in [3.63, 3.8) is 0 Å². The third-order valence-corrected chi connectivity index (χ3v) is 5.03. The van der Waals surface area contributed by atoms with Gasteiger partial charge in [0.25, 0.3) is 0 Å². The monoisotopic (exact) mass is 416 g/mol. The fourth-order valence-corrected chi connectivity index (χ4v) is 2.67. The molecule has 1 rings (SSSR count). The molecule has 88 valence electrons. The van der Waals surface area contributed by atoms with E-state index >= 15 is 0 Å². The maximum Gasteiger partial charge on any atom is 0.308 e. The average Bonchev–Trinajstić information content (AvgIpc) is 2.22. The predicted octanol–water partition coefficient (Wildman–Crippen LogP) is 3.61. The molecule has 0 atom stereocenters. The zero-order valence-electron chi connectivity index (χ0n) is 8.31. The van der Waals surface area contributed by atoms with Crippen LogP contribution in [0.25, 0.3) is 0 Å². The molecular formula is C9H7Br3O4. The van der Waals surface area contributed by atoms with Gasteiger partial charge in [-0.05, 0) is 47.8 Å². The summed E-state index contributed by atoms with van der Waals surface area (Å²) in [6.45, 7) is 1.24. The summed E-state index contributed by atoms with van der Waals surface area (Å²) in [5, 5.41) is 9.84. The summed E-state index contributed by atoms with van der Waals surface area (Å²) in [4.78, 5) is 10.9. The van der Waals surface area contributed by atoms with Crippen LogP contribution in [-0.4, -0.2) is 18.2 Å². The normalized spacial score (nSPS) is 10.1. The maximum atomic E-state index is 10.9. The number of phenolic OH excluding ortho intramolecular Hbond substituents is 1. The van der Waals surface area contributed by atoms with Crippen LogP contribution in [-0.2, 0) is 4.79 Å². The Hall–Kier alpha value is -0.270. The van der Waals surface area contributed by atoms with Gasteiger partial charge >= 0.3 is 5.97 Å². The van der Waals surface area contributed by atoms with Crippen molar-refractivity contribution in [3.8, 4) is 17.2 Å². The van der Waals surface area contributed by atoms with Gasteiger partial charge in [-0.2, -0.15) is 0 Å². The number of carbonyl (C=O) groups excluding carboxylic acids is 1. The van der Waals surface area contributed by atoms with E-state index in [0.29, 0.717) is 13.4 Å². The summed E-state index contributed by atoms with van der Waals surface area (Å²) in [7, 11) is 1.40. The highest BCUT2D eigenvalue weighted by atomic mass is 79.9. The molecule has 1 aromatic rings. The Balaban J connectivity index is 3.48. The van der Waals surface area contributed by atoms with E-state index in [1.807, 2.05) is 0 Å². The van der Waals surface area contributed by atoms with E-state index in [0.717, 1.165) is 0 Å². The molecule has 4 nitrogen and oxygen atoms in total. The van der Waals surface area contributed by atoms with Crippen LogP contribution in [0, 0.1) is 0 Å². The molecule has 0 heterocycles. The van der Waals surface area contributed by atoms with Crippen molar-refractivity contribution in [1.82, 2.24) is 0 Å². The van der Waals surface area contributed by atoms with E-state index in [1.165, 1.54) is 14.0 Å². The largest absolute Gasteiger partial charge is 0.502 e. The highest BCUT2D eigenvalue weighted by molar-refractivity contribution is 9.14. The van der Waals surface area contributed by atoms with Crippen LogP contribution in [0.5, 0.6) is 17.2 Å². The van der Waals surface area contributed by atoms with E-state index in [2.05, 4.69) is 47.8 Å². The molecule has 0 amide bonds. The highest BCUT2D eigenvalue weighted by Crippen LogP contribution is 2.51. The molecule has 0 fully saturated rings. The van der Waals surface area contributed by atoms with Gasteiger partial charge in [0.2, 0.25) is 5.75 Å². The second kappa shape index (κ2) is 5.37. The molecule has 7 heteroatoms. The SMILES string of the molecule is COc1c(O)c(OC(C)=O)c(Br)c(Br)c1Br. The minimum absolute atomic E-state index is 0.0134. The first kappa shape index (κ1) is 13.8. The lowest BCUT2D eigenvalue weighted by atomic mass is 10.3. The third-order valence-electron chi connectivity index (χ3n) is 1.66. The Labute approximate surface area is 117 Å². The molecule has 0 saturated carbocycles. The first-order valence-electron chi connectivity index (χ1n) is 4.02. The van der Waals surface area contributed by atoms with Crippen molar-refractivity contribution in [2.24, 2.45) is 0 Å². The summed E-state index contributed by atoms with van der Waals surface area (Å²) in [5.41, 5.74) is 0. The second-order valence-electron chi connectivity index (χ2n) is 2.75. The Kier molecular flexibility index (Phi) is 4.63. The fraction of sp³-hybridized carbons (Fsp3) is 0.222. The van der Waals surface area contributed by atoms with Gasteiger partial charge in [-0.15, -0.1) is 0 Å². The number of methoxy groups -OCH3 is 1. The van der Waals surface area contributed by atoms with Crippen LogP contribution in [0.2, 0.25) is 0 Å². The van der Waals surface area contributed by atoms with Gasteiger partial charge in [-0.25, -0.2) is 0 Å². The number of benzene rings is 1. The summed E-state index contributed by atoms with van der Waals surface area (Å²) < 4.78 is 11.4. The van der Waals surface area contributed by atoms with Crippen molar-refractivity contribution >= 4 is 53.8 Å².